The Bertz CT molecular complexity index is 525. The van der Waals surface area contributed by atoms with Crippen LogP contribution in [0.25, 0.3) is 0 Å². The van der Waals surface area contributed by atoms with Gasteiger partial charge in [0.25, 0.3) is 0 Å². The minimum atomic E-state index is -0.177. The lowest BCUT2D eigenvalue weighted by atomic mass is 10.2. The van der Waals surface area contributed by atoms with Crippen LogP contribution < -0.4 is 5.32 Å². The predicted molar refractivity (Wildman–Crippen MR) is 72.7 cm³/mol. The van der Waals surface area contributed by atoms with Crippen molar-refractivity contribution in [2.45, 2.75) is 13.0 Å². The van der Waals surface area contributed by atoms with Crippen molar-refractivity contribution in [3.63, 3.8) is 0 Å². The lowest BCUT2D eigenvalue weighted by molar-refractivity contribution is 0.586. The van der Waals surface area contributed by atoms with Gasteiger partial charge in [0.1, 0.15) is 5.82 Å². The molecule has 0 fully saturated rings. The monoisotopic (exact) mass is 311 g/mol. The van der Waals surface area contributed by atoms with Crippen LogP contribution in [0.2, 0.25) is 0 Å². The van der Waals surface area contributed by atoms with Crippen LogP contribution in [-0.4, -0.2) is 16.3 Å². The van der Waals surface area contributed by atoms with Crippen LogP contribution in [0, 0.1) is 5.82 Å². The van der Waals surface area contributed by atoms with E-state index in [2.05, 4.69) is 26.3 Å². The van der Waals surface area contributed by atoms with E-state index in [9.17, 15) is 4.39 Å². The van der Waals surface area contributed by atoms with Crippen LogP contribution in [0.5, 0.6) is 0 Å². The van der Waals surface area contributed by atoms with Gasteiger partial charge in [-0.25, -0.2) is 4.39 Å². The lowest BCUT2D eigenvalue weighted by Crippen LogP contribution is -2.17. The van der Waals surface area contributed by atoms with Gasteiger partial charge in [-0.05, 0) is 24.3 Å². The van der Waals surface area contributed by atoms with Crippen molar-refractivity contribution in [1.82, 2.24) is 15.1 Å². The quantitative estimate of drug-likeness (QED) is 0.860. The third kappa shape index (κ3) is 3.65. The van der Waals surface area contributed by atoms with Crippen LogP contribution in [0.1, 0.15) is 11.3 Å². The molecule has 96 valence electrons. The summed E-state index contributed by atoms with van der Waals surface area (Å²) in [6.45, 7) is 1.31. The smallest absolute Gasteiger partial charge is 0.127 e. The molecule has 2 rings (SSSR count). The van der Waals surface area contributed by atoms with Gasteiger partial charge in [0.05, 0.1) is 5.69 Å². The highest BCUT2D eigenvalue weighted by Gasteiger charge is 2.02. The Kier molecular flexibility index (Phi) is 4.49. The Labute approximate surface area is 114 Å². The molecule has 3 nitrogen and oxygen atoms in total. The standard InChI is InChI=1S/C13H15BrFN3/c1-18-7-5-12(17-18)4-6-16-9-10-8-11(14)2-3-13(10)15/h2-3,5,7-8,16H,4,6,9H2,1H3. The van der Waals surface area contributed by atoms with Crippen molar-refractivity contribution in [3.8, 4) is 0 Å². The van der Waals surface area contributed by atoms with E-state index in [4.69, 9.17) is 0 Å². The van der Waals surface area contributed by atoms with E-state index in [0.717, 1.165) is 23.1 Å². The summed E-state index contributed by atoms with van der Waals surface area (Å²) in [7, 11) is 1.90. The minimum Gasteiger partial charge on any atom is -0.312 e. The first kappa shape index (κ1) is 13.2. The molecule has 1 heterocycles. The summed E-state index contributed by atoms with van der Waals surface area (Å²) in [6.07, 6.45) is 2.76. The average molecular weight is 312 g/mol. The topological polar surface area (TPSA) is 29.9 Å². The molecule has 0 amide bonds. The Morgan fingerprint density at radius 2 is 2.22 bits per heavy atom. The van der Waals surface area contributed by atoms with Crippen molar-refractivity contribution in [3.05, 3.63) is 52.0 Å². The van der Waals surface area contributed by atoms with E-state index < -0.39 is 0 Å². The molecule has 0 saturated carbocycles. The van der Waals surface area contributed by atoms with Crippen LogP contribution in [0.15, 0.2) is 34.9 Å². The molecule has 0 aliphatic carbocycles. The largest absolute Gasteiger partial charge is 0.312 e. The first-order valence-electron chi connectivity index (χ1n) is 5.78. The van der Waals surface area contributed by atoms with Crippen molar-refractivity contribution < 1.29 is 4.39 Å². The zero-order valence-corrected chi connectivity index (χ0v) is 11.7. The van der Waals surface area contributed by atoms with E-state index >= 15 is 0 Å². The van der Waals surface area contributed by atoms with Gasteiger partial charge in [-0.1, -0.05) is 15.9 Å². The molecule has 1 N–H and O–H groups in total. The molecule has 1 aromatic carbocycles. The van der Waals surface area contributed by atoms with Gasteiger partial charge in [0.15, 0.2) is 0 Å². The summed E-state index contributed by atoms with van der Waals surface area (Å²) in [5, 5.41) is 7.50. The number of halogens is 2. The Balaban J connectivity index is 1.80. The minimum absolute atomic E-state index is 0.177. The van der Waals surface area contributed by atoms with E-state index in [-0.39, 0.29) is 5.82 Å². The third-order valence-electron chi connectivity index (χ3n) is 2.65. The van der Waals surface area contributed by atoms with E-state index in [1.54, 1.807) is 16.8 Å². The summed E-state index contributed by atoms with van der Waals surface area (Å²) in [5.41, 5.74) is 1.71. The molecular formula is C13H15BrFN3. The Hall–Kier alpha value is -1.20. The van der Waals surface area contributed by atoms with Crippen molar-refractivity contribution in [2.24, 2.45) is 7.05 Å². The number of nitrogens with one attached hydrogen (secondary N) is 1. The van der Waals surface area contributed by atoms with Crippen LogP contribution >= 0.6 is 15.9 Å². The fourth-order valence-electron chi connectivity index (χ4n) is 1.71. The Morgan fingerprint density at radius 1 is 1.39 bits per heavy atom. The highest BCUT2D eigenvalue weighted by molar-refractivity contribution is 9.10. The predicted octanol–water partition coefficient (Wildman–Crippen LogP) is 2.65. The molecule has 0 spiro atoms. The SMILES string of the molecule is Cn1ccc(CCNCc2cc(Br)ccc2F)n1. The number of benzene rings is 1. The molecule has 0 atom stereocenters. The molecule has 5 heteroatoms. The van der Waals surface area contributed by atoms with E-state index in [0.29, 0.717) is 12.1 Å². The molecule has 0 radical (unpaired) electrons. The molecule has 0 saturated heterocycles. The summed E-state index contributed by atoms with van der Waals surface area (Å²) in [4.78, 5) is 0. The molecule has 0 aliphatic rings. The Morgan fingerprint density at radius 3 is 2.94 bits per heavy atom. The fraction of sp³-hybridized carbons (Fsp3) is 0.308. The molecule has 18 heavy (non-hydrogen) atoms. The second-order valence-electron chi connectivity index (χ2n) is 4.14. The molecule has 0 unspecified atom stereocenters. The lowest BCUT2D eigenvalue weighted by Gasteiger charge is -2.05. The molecule has 1 aromatic heterocycles. The molecule has 0 aliphatic heterocycles. The zero-order chi connectivity index (χ0) is 13.0. The van der Waals surface area contributed by atoms with Crippen LogP contribution in [0.4, 0.5) is 4.39 Å². The van der Waals surface area contributed by atoms with Crippen LogP contribution in [0.3, 0.4) is 0 Å². The van der Waals surface area contributed by atoms with Gasteiger partial charge in [-0.3, -0.25) is 4.68 Å². The summed E-state index contributed by atoms with van der Waals surface area (Å²) in [6, 6.07) is 6.96. The second kappa shape index (κ2) is 6.11. The first-order chi connectivity index (χ1) is 8.65. The maximum atomic E-state index is 13.4. The number of hydrogen-bond donors (Lipinski definition) is 1. The average Bonchev–Trinajstić information content (AvgIpc) is 2.75. The van der Waals surface area contributed by atoms with E-state index in [1.165, 1.54) is 6.07 Å². The normalized spacial score (nSPS) is 10.8. The number of aromatic nitrogens is 2. The molecular weight excluding hydrogens is 297 g/mol. The molecule has 0 bridgehead atoms. The summed E-state index contributed by atoms with van der Waals surface area (Å²) < 4.78 is 16.1. The van der Waals surface area contributed by atoms with Crippen molar-refractivity contribution in [2.75, 3.05) is 6.54 Å². The van der Waals surface area contributed by atoms with Gasteiger partial charge in [0, 0.05) is 42.8 Å². The first-order valence-corrected chi connectivity index (χ1v) is 6.57. The fourth-order valence-corrected chi connectivity index (χ4v) is 2.12. The number of aryl methyl sites for hydroxylation is 1. The number of rotatable bonds is 5. The number of hydrogen-bond acceptors (Lipinski definition) is 2. The summed E-state index contributed by atoms with van der Waals surface area (Å²) >= 11 is 3.34. The summed E-state index contributed by atoms with van der Waals surface area (Å²) in [5.74, 6) is -0.177. The maximum absolute atomic E-state index is 13.4. The van der Waals surface area contributed by atoms with Crippen LogP contribution in [-0.2, 0) is 20.0 Å². The van der Waals surface area contributed by atoms with Gasteiger partial charge >= 0.3 is 0 Å². The van der Waals surface area contributed by atoms with Crippen molar-refractivity contribution >= 4 is 15.9 Å². The van der Waals surface area contributed by atoms with Gasteiger partial charge in [0.2, 0.25) is 0 Å². The maximum Gasteiger partial charge on any atom is 0.127 e. The van der Waals surface area contributed by atoms with Crippen molar-refractivity contribution in [1.29, 1.82) is 0 Å². The highest BCUT2D eigenvalue weighted by Crippen LogP contribution is 2.15. The third-order valence-corrected chi connectivity index (χ3v) is 3.14. The zero-order valence-electron chi connectivity index (χ0n) is 10.2. The molecule has 2 aromatic rings. The highest BCUT2D eigenvalue weighted by atomic mass is 79.9. The van der Waals surface area contributed by atoms with Gasteiger partial charge < -0.3 is 5.32 Å². The number of nitrogens with zero attached hydrogens (tertiary/aromatic N) is 2. The van der Waals surface area contributed by atoms with E-state index in [1.807, 2.05) is 19.3 Å². The van der Waals surface area contributed by atoms with Gasteiger partial charge in [-0.2, -0.15) is 5.10 Å². The van der Waals surface area contributed by atoms with Gasteiger partial charge in [-0.15, -0.1) is 0 Å². The second-order valence-corrected chi connectivity index (χ2v) is 5.06.